The van der Waals surface area contributed by atoms with Crippen molar-refractivity contribution in [1.82, 2.24) is 10.6 Å². The molecular formula is C13H17ClF2N2O2. The van der Waals surface area contributed by atoms with Crippen LogP contribution in [-0.2, 0) is 0 Å². The first kappa shape index (κ1) is 16.7. The van der Waals surface area contributed by atoms with Gasteiger partial charge in [0.25, 0.3) is 5.91 Å². The van der Waals surface area contributed by atoms with Crippen LogP contribution in [0.3, 0.4) is 0 Å². The molecule has 1 heterocycles. The predicted molar refractivity (Wildman–Crippen MR) is 73.7 cm³/mol. The Kier molecular flexibility index (Phi) is 6.67. The van der Waals surface area contributed by atoms with E-state index >= 15 is 0 Å². The molecule has 0 saturated carbocycles. The summed E-state index contributed by atoms with van der Waals surface area (Å²) in [5.74, 6) is -0.483. The highest BCUT2D eigenvalue weighted by Gasteiger charge is 2.19. The van der Waals surface area contributed by atoms with E-state index in [-0.39, 0.29) is 35.7 Å². The third-order valence-corrected chi connectivity index (χ3v) is 2.98. The van der Waals surface area contributed by atoms with Gasteiger partial charge in [-0.1, -0.05) is 12.1 Å². The van der Waals surface area contributed by atoms with Crippen LogP contribution in [-0.4, -0.2) is 31.7 Å². The topological polar surface area (TPSA) is 50.4 Å². The van der Waals surface area contributed by atoms with Gasteiger partial charge < -0.3 is 15.4 Å². The number of hydrogen-bond donors (Lipinski definition) is 2. The van der Waals surface area contributed by atoms with E-state index < -0.39 is 6.61 Å². The van der Waals surface area contributed by atoms with E-state index in [0.29, 0.717) is 6.54 Å². The van der Waals surface area contributed by atoms with Gasteiger partial charge in [-0.25, -0.2) is 0 Å². The quantitative estimate of drug-likeness (QED) is 0.896. The lowest BCUT2D eigenvalue weighted by Gasteiger charge is -2.24. The molecule has 1 amide bonds. The number of carbonyl (C=O) groups is 1. The van der Waals surface area contributed by atoms with Crippen molar-refractivity contribution >= 4 is 18.3 Å². The molecule has 0 aliphatic carbocycles. The monoisotopic (exact) mass is 306 g/mol. The maximum absolute atomic E-state index is 12.3. The highest BCUT2D eigenvalue weighted by Crippen LogP contribution is 2.20. The summed E-state index contributed by atoms with van der Waals surface area (Å²) in [5.41, 5.74) is 0.133. The minimum absolute atomic E-state index is 0. The molecule has 1 fully saturated rings. The van der Waals surface area contributed by atoms with Crippen LogP contribution in [0.5, 0.6) is 5.75 Å². The van der Waals surface area contributed by atoms with Crippen LogP contribution < -0.4 is 15.4 Å². The highest BCUT2D eigenvalue weighted by molar-refractivity contribution is 5.97. The van der Waals surface area contributed by atoms with Gasteiger partial charge in [0.2, 0.25) is 0 Å². The third-order valence-electron chi connectivity index (χ3n) is 2.98. The minimum Gasteiger partial charge on any atom is -0.434 e. The Labute approximate surface area is 122 Å². The second kappa shape index (κ2) is 8.01. The van der Waals surface area contributed by atoms with Gasteiger partial charge in [-0.15, -0.1) is 12.4 Å². The third kappa shape index (κ3) is 4.61. The van der Waals surface area contributed by atoms with Gasteiger partial charge in [0, 0.05) is 12.6 Å². The van der Waals surface area contributed by atoms with E-state index in [1.165, 1.54) is 12.1 Å². The number of ether oxygens (including phenoxy) is 1. The first-order valence-corrected chi connectivity index (χ1v) is 6.22. The van der Waals surface area contributed by atoms with Crippen LogP contribution in [0.4, 0.5) is 8.78 Å². The molecule has 1 saturated heterocycles. The number of carbonyl (C=O) groups excluding carboxylic acids is 1. The molecule has 2 N–H and O–H groups in total. The van der Waals surface area contributed by atoms with Crippen LogP contribution in [0.2, 0.25) is 0 Å². The standard InChI is InChI=1S/C13H16F2N2O2.ClH/c14-13(15)19-11-6-2-1-5-10(11)12(18)17-9-4-3-7-16-8-9;/h1-2,5-6,9,13,16H,3-4,7-8H2,(H,17,18);1H/t9-;/m1./s1. The van der Waals surface area contributed by atoms with Crippen LogP contribution in [0.25, 0.3) is 0 Å². The second-order valence-electron chi connectivity index (χ2n) is 4.39. The maximum Gasteiger partial charge on any atom is 0.387 e. The molecule has 0 spiro atoms. The van der Waals surface area contributed by atoms with E-state index in [1.54, 1.807) is 12.1 Å². The minimum atomic E-state index is -2.94. The number of hydrogen-bond acceptors (Lipinski definition) is 3. The Hall–Kier alpha value is -1.40. The van der Waals surface area contributed by atoms with Gasteiger partial charge in [0.05, 0.1) is 5.56 Å². The molecule has 1 aliphatic heterocycles. The number of halogens is 3. The summed E-state index contributed by atoms with van der Waals surface area (Å²) in [5, 5.41) is 5.99. The summed E-state index contributed by atoms with van der Waals surface area (Å²) in [4.78, 5) is 12.1. The van der Waals surface area contributed by atoms with Crippen molar-refractivity contribution in [1.29, 1.82) is 0 Å². The maximum atomic E-state index is 12.3. The lowest BCUT2D eigenvalue weighted by atomic mass is 10.1. The van der Waals surface area contributed by atoms with Crippen LogP contribution in [0, 0.1) is 0 Å². The fourth-order valence-corrected chi connectivity index (χ4v) is 2.09. The Morgan fingerprint density at radius 2 is 2.15 bits per heavy atom. The molecule has 1 aromatic rings. The Balaban J connectivity index is 0.00000200. The number of amides is 1. The van der Waals surface area contributed by atoms with Crippen molar-refractivity contribution in [2.24, 2.45) is 0 Å². The number of rotatable bonds is 4. The number of benzene rings is 1. The SMILES string of the molecule is Cl.O=C(N[C@@H]1CCCNC1)c1ccccc1OC(F)F. The molecule has 0 unspecified atom stereocenters. The molecule has 1 aromatic carbocycles. The molecular weight excluding hydrogens is 290 g/mol. The van der Waals surface area contributed by atoms with Crippen molar-refractivity contribution in [3.8, 4) is 5.75 Å². The molecule has 7 heteroatoms. The van der Waals surface area contributed by atoms with Gasteiger partial charge in [0.15, 0.2) is 0 Å². The lowest BCUT2D eigenvalue weighted by molar-refractivity contribution is -0.0501. The molecule has 1 atom stereocenters. The molecule has 2 rings (SSSR count). The van der Waals surface area contributed by atoms with E-state index in [4.69, 9.17) is 0 Å². The van der Waals surface area contributed by atoms with E-state index in [0.717, 1.165) is 19.4 Å². The van der Waals surface area contributed by atoms with E-state index in [9.17, 15) is 13.6 Å². The predicted octanol–water partition coefficient (Wildman–Crippen LogP) is 2.19. The zero-order valence-electron chi connectivity index (χ0n) is 10.8. The van der Waals surface area contributed by atoms with Gasteiger partial charge in [-0.2, -0.15) is 8.78 Å². The zero-order valence-corrected chi connectivity index (χ0v) is 11.6. The Morgan fingerprint density at radius 1 is 1.40 bits per heavy atom. The summed E-state index contributed by atoms with van der Waals surface area (Å²) in [7, 11) is 0. The molecule has 20 heavy (non-hydrogen) atoms. The molecule has 1 aliphatic rings. The van der Waals surface area contributed by atoms with E-state index in [1.807, 2.05) is 0 Å². The number of para-hydroxylation sites is 1. The summed E-state index contributed by atoms with van der Waals surface area (Å²) < 4.78 is 28.9. The first-order valence-electron chi connectivity index (χ1n) is 6.22. The van der Waals surface area contributed by atoms with Crippen molar-refractivity contribution < 1.29 is 18.3 Å². The van der Waals surface area contributed by atoms with Crippen LogP contribution in [0.1, 0.15) is 23.2 Å². The van der Waals surface area contributed by atoms with Crippen molar-refractivity contribution in [2.45, 2.75) is 25.5 Å². The molecule has 112 valence electrons. The first-order chi connectivity index (χ1) is 9.16. The molecule has 0 aromatic heterocycles. The molecule has 0 bridgehead atoms. The fourth-order valence-electron chi connectivity index (χ4n) is 2.09. The highest BCUT2D eigenvalue weighted by atomic mass is 35.5. The van der Waals surface area contributed by atoms with Gasteiger partial charge in [-0.3, -0.25) is 4.79 Å². The second-order valence-corrected chi connectivity index (χ2v) is 4.39. The average Bonchev–Trinajstić information content (AvgIpc) is 2.39. The van der Waals surface area contributed by atoms with Crippen molar-refractivity contribution in [3.05, 3.63) is 29.8 Å². The zero-order chi connectivity index (χ0) is 13.7. The van der Waals surface area contributed by atoms with Crippen LogP contribution in [0.15, 0.2) is 24.3 Å². The van der Waals surface area contributed by atoms with Gasteiger partial charge >= 0.3 is 6.61 Å². The summed E-state index contributed by atoms with van der Waals surface area (Å²) in [6.07, 6.45) is 1.87. The summed E-state index contributed by atoms with van der Waals surface area (Å²) in [6.45, 7) is -1.30. The van der Waals surface area contributed by atoms with Gasteiger partial charge in [0.1, 0.15) is 5.75 Å². The Bertz CT molecular complexity index is 440. The number of nitrogens with one attached hydrogen (secondary N) is 2. The van der Waals surface area contributed by atoms with Crippen LogP contribution >= 0.6 is 12.4 Å². The van der Waals surface area contributed by atoms with Gasteiger partial charge in [-0.05, 0) is 31.5 Å². The van der Waals surface area contributed by atoms with E-state index in [2.05, 4.69) is 15.4 Å². The average molecular weight is 307 g/mol. The fraction of sp³-hybridized carbons (Fsp3) is 0.462. The summed E-state index contributed by atoms with van der Waals surface area (Å²) in [6, 6.07) is 6.04. The largest absolute Gasteiger partial charge is 0.434 e. The Morgan fingerprint density at radius 3 is 2.80 bits per heavy atom. The molecule has 0 radical (unpaired) electrons. The van der Waals surface area contributed by atoms with Crippen molar-refractivity contribution in [2.75, 3.05) is 13.1 Å². The normalized spacial score (nSPS) is 18.2. The number of piperidine rings is 1. The summed E-state index contributed by atoms with van der Waals surface area (Å²) >= 11 is 0. The smallest absolute Gasteiger partial charge is 0.387 e. The molecule has 4 nitrogen and oxygen atoms in total. The number of alkyl halides is 2. The lowest BCUT2D eigenvalue weighted by Crippen LogP contribution is -2.45. The van der Waals surface area contributed by atoms with Crippen molar-refractivity contribution in [3.63, 3.8) is 0 Å².